The van der Waals surface area contributed by atoms with E-state index < -0.39 is 0 Å². The van der Waals surface area contributed by atoms with Crippen molar-refractivity contribution in [2.75, 3.05) is 0 Å². The zero-order chi connectivity index (χ0) is 7.84. The zero-order valence-corrected chi connectivity index (χ0v) is 5.96. The van der Waals surface area contributed by atoms with Gasteiger partial charge in [-0.05, 0) is 31.4 Å². The maximum Gasteiger partial charge on any atom is 0.182 e. The summed E-state index contributed by atoms with van der Waals surface area (Å²) in [5.41, 5.74) is 1.41. The molecule has 55 valence electrons. The van der Waals surface area contributed by atoms with E-state index in [0.717, 1.165) is 0 Å². The molecule has 0 saturated heterocycles. The Morgan fingerprint density at radius 1 is 0.909 bits per heavy atom. The average Bonchev–Trinajstić information content (AvgIpc) is 2.45. The average molecular weight is 147 g/mol. The number of carbonyl (C=O) groups excluding carboxylic acids is 2. The van der Waals surface area contributed by atoms with Crippen LogP contribution in [0.25, 0.3) is 0 Å². The minimum Gasteiger partial charge on any atom is -0.290 e. The van der Waals surface area contributed by atoms with Gasteiger partial charge in [0.15, 0.2) is 11.6 Å². The van der Waals surface area contributed by atoms with Crippen molar-refractivity contribution in [1.29, 1.82) is 0 Å². The molecule has 0 unspecified atom stereocenters. The molecule has 0 heterocycles. The maximum absolute atomic E-state index is 11.1. The first-order chi connectivity index (χ1) is 5.29. The number of allylic oxidation sites excluding steroid dienone is 4. The topological polar surface area (TPSA) is 34.1 Å². The van der Waals surface area contributed by atoms with Gasteiger partial charge in [-0.25, -0.2) is 0 Å². The second-order valence-electron chi connectivity index (χ2n) is 2.72. The molecule has 2 aliphatic rings. The van der Waals surface area contributed by atoms with Crippen molar-refractivity contribution in [2.24, 2.45) is 0 Å². The van der Waals surface area contributed by atoms with Crippen LogP contribution in [0, 0.1) is 6.42 Å². The van der Waals surface area contributed by atoms with Crippen molar-refractivity contribution in [2.45, 2.75) is 12.8 Å². The van der Waals surface area contributed by atoms with Gasteiger partial charge in [0.25, 0.3) is 0 Å². The Kier molecular flexibility index (Phi) is 1.28. The molecular weight excluding hydrogens is 140 g/mol. The highest BCUT2D eigenvalue weighted by Crippen LogP contribution is 2.29. The van der Waals surface area contributed by atoms with Crippen molar-refractivity contribution in [3.05, 3.63) is 29.7 Å². The van der Waals surface area contributed by atoms with Crippen molar-refractivity contribution >= 4 is 11.6 Å². The molecule has 0 amide bonds. The fourth-order valence-electron chi connectivity index (χ4n) is 1.46. The first-order valence-corrected chi connectivity index (χ1v) is 3.59. The van der Waals surface area contributed by atoms with Crippen LogP contribution < -0.4 is 0 Å². The number of hydrogen-bond donors (Lipinski definition) is 0. The van der Waals surface area contributed by atoms with Crippen molar-refractivity contribution in [3.8, 4) is 0 Å². The monoisotopic (exact) mass is 147 g/mol. The molecule has 0 saturated carbocycles. The van der Waals surface area contributed by atoms with E-state index in [2.05, 4.69) is 0 Å². The van der Waals surface area contributed by atoms with Crippen LogP contribution >= 0.6 is 0 Å². The lowest BCUT2D eigenvalue weighted by atomic mass is 9.98. The molecule has 11 heavy (non-hydrogen) atoms. The normalized spacial score (nSPS) is 22.9. The van der Waals surface area contributed by atoms with Crippen LogP contribution in [0.15, 0.2) is 23.3 Å². The minimum atomic E-state index is 0.00773. The Bertz CT molecular complexity index is 267. The van der Waals surface area contributed by atoms with Gasteiger partial charge in [-0.15, -0.1) is 0 Å². The van der Waals surface area contributed by atoms with Gasteiger partial charge in [-0.3, -0.25) is 9.59 Å². The summed E-state index contributed by atoms with van der Waals surface area (Å²) in [5.74, 6) is 0.0155. The molecule has 2 rings (SSSR count). The molecule has 0 spiro atoms. The lowest BCUT2D eigenvalue weighted by molar-refractivity contribution is -0.115. The van der Waals surface area contributed by atoms with Gasteiger partial charge in [0.1, 0.15) is 0 Å². The third kappa shape index (κ3) is 0.862. The highest BCUT2D eigenvalue weighted by Gasteiger charge is 2.25. The van der Waals surface area contributed by atoms with Gasteiger partial charge in [-0.1, -0.05) is 0 Å². The summed E-state index contributed by atoms with van der Waals surface area (Å²) >= 11 is 0. The highest BCUT2D eigenvalue weighted by atomic mass is 16.1. The third-order valence-corrected chi connectivity index (χ3v) is 2.04. The summed E-state index contributed by atoms with van der Waals surface area (Å²) in [6, 6.07) is 0. The summed E-state index contributed by atoms with van der Waals surface area (Å²) in [6.07, 6.45) is 6.03. The van der Waals surface area contributed by atoms with Crippen LogP contribution in [-0.2, 0) is 9.59 Å². The molecule has 0 aromatic heterocycles. The Hall–Kier alpha value is -1.18. The van der Waals surface area contributed by atoms with Gasteiger partial charge in [0.05, 0.1) is 0 Å². The second kappa shape index (κ2) is 2.16. The van der Waals surface area contributed by atoms with E-state index in [-0.39, 0.29) is 11.6 Å². The molecule has 0 aromatic rings. The molecule has 0 atom stereocenters. The first kappa shape index (κ1) is 6.53. The van der Waals surface area contributed by atoms with Gasteiger partial charge < -0.3 is 0 Å². The molecule has 2 aliphatic carbocycles. The summed E-state index contributed by atoms with van der Waals surface area (Å²) in [6.45, 7) is 0. The molecule has 0 bridgehead atoms. The van der Waals surface area contributed by atoms with E-state index in [1.54, 1.807) is 0 Å². The van der Waals surface area contributed by atoms with E-state index in [1.807, 2.05) is 6.42 Å². The van der Waals surface area contributed by atoms with Crippen LogP contribution in [0.1, 0.15) is 12.8 Å². The van der Waals surface area contributed by atoms with Crippen LogP contribution in [-0.4, -0.2) is 11.6 Å². The molecule has 0 aliphatic heterocycles. The third-order valence-electron chi connectivity index (χ3n) is 2.04. The first-order valence-electron chi connectivity index (χ1n) is 3.59. The van der Waals surface area contributed by atoms with Crippen LogP contribution in [0.2, 0.25) is 0 Å². The number of rotatable bonds is 0. The standard InChI is InChI=1S/C9H7O2/c10-8-4-5-9(11)7-3-1-2-6(7)8/h1,4-5H,2-3H2. The molecular formula is C9H7O2. The van der Waals surface area contributed by atoms with Crippen molar-refractivity contribution in [3.63, 3.8) is 0 Å². The molecule has 2 nitrogen and oxygen atoms in total. The summed E-state index contributed by atoms with van der Waals surface area (Å²) in [5, 5.41) is 0. The summed E-state index contributed by atoms with van der Waals surface area (Å²) in [7, 11) is 0. The fraction of sp³-hybridized carbons (Fsp3) is 0.222. The van der Waals surface area contributed by atoms with E-state index >= 15 is 0 Å². The SMILES string of the molecule is O=C1C=CC(=O)C2=C1C[CH]C2. The Morgan fingerprint density at radius 2 is 1.36 bits per heavy atom. The predicted molar refractivity (Wildman–Crippen MR) is 39.7 cm³/mol. The van der Waals surface area contributed by atoms with E-state index in [1.165, 1.54) is 12.2 Å². The van der Waals surface area contributed by atoms with Gasteiger partial charge in [0.2, 0.25) is 0 Å². The predicted octanol–water partition coefficient (Wildman–Crippen LogP) is 0.989. The molecule has 0 N–H and O–H groups in total. The van der Waals surface area contributed by atoms with E-state index in [9.17, 15) is 9.59 Å². The second-order valence-corrected chi connectivity index (χ2v) is 2.72. The quantitative estimate of drug-likeness (QED) is 0.479. The lowest BCUT2D eigenvalue weighted by Crippen LogP contribution is -2.09. The summed E-state index contributed by atoms with van der Waals surface area (Å²) < 4.78 is 0. The zero-order valence-electron chi connectivity index (χ0n) is 5.96. The van der Waals surface area contributed by atoms with Gasteiger partial charge in [-0.2, -0.15) is 0 Å². The van der Waals surface area contributed by atoms with Crippen molar-refractivity contribution < 1.29 is 9.59 Å². The van der Waals surface area contributed by atoms with Crippen LogP contribution in [0.3, 0.4) is 0 Å². The molecule has 2 heteroatoms. The maximum atomic E-state index is 11.1. The van der Waals surface area contributed by atoms with E-state index in [4.69, 9.17) is 0 Å². The van der Waals surface area contributed by atoms with Crippen LogP contribution in [0.4, 0.5) is 0 Å². The number of carbonyl (C=O) groups is 2. The van der Waals surface area contributed by atoms with E-state index in [0.29, 0.717) is 24.0 Å². The lowest BCUT2D eigenvalue weighted by Gasteiger charge is -2.04. The molecule has 0 fully saturated rings. The fourth-order valence-corrected chi connectivity index (χ4v) is 1.46. The Balaban J connectivity index is 2.47. The minimum absolute atomic E-state index is 0.00773. The smallest absolute Gasteiger partial charge is 0.182 e. The van der Waals surface area contributed by atoms with Crippen molar-refractivity contribution in [1.82, 2.24) is 0 Å². The Morgan fingerprint density at radius 3 is 1.82 bits per heavy atom. The number of hydrogen-bond acceptors (Lipinski definition) is 2. The highest BCUT2D eigenvalue weighted by molar-refractivity contribution is 6.20. The van der Waals surface area contributed by atoms with Crippen LogP contribution in [0.5, 0.6) is 0 Å². The summed E-state index contributed by atoms with van der Waals surface area (Å²) in [4.78, 5) is 22.2. The van der Waals surface area contributed by atoms with Gasteiger partial charge >= 0.3 is 0 Å². The number of ketones is 2. The molecule has 1 radical (unpaired) electrons. The Labute approximate surface area is 64.6 Å². The largest absolute Gasteiger partial charge is 0.290 e. The molecule has 0 aromatic carbocycles. The van der Waals surface area contributed by atoms with Gasteiger partial charge in [0, 0.05) is 11.1 Å².